The van der Waals surface area contributed by atoms with Crippen LogP contribution in [0.15, 0.2) is 0 Å². The van der Waals surface area contributed by atoms with E-state index in [4.69, 9.17) is 5.73 Å². The standard InChI is InChI=1S/C20H35N5O6S/c1-11(2)16(19(29)24-14(20(30)31)6-7-15(21)26)25-18(28)13(8-10-32-3)23-17(27)12-5-4-9-22-12/h11-14,16,22H,4-10H2,1-3H3,(H2,21,26)(H,23,27)(H,24,29)(H,25,28)(H,30,31). The third-order valence-electron chi connectivity index (χ3n) is 5.16. The van der Waals surface area contributed by atoms with Gasteiger partial charge in [-0.05, 0) is 50.2 Å². The average molecular weight is 474 g/mol. The van der Waals surface area contributed by atoms with Crippen LogP contribution in [-0.4, -0.2) is 77.4 Å². The minimum Gasteiger partial charge on any atom is -0.480 e. The van der Waals surface area contributed by atoms with Gasteiger partial charge in [-0.25, -0.2) is 4.79 Å². The highest BCUT2D eigenvalue weighted by atomic mass is 32.2. The van der Waals surface area contributed by atoms with Crippen LogP contribution in [0.4, 0.5) is 0 Å². The number of rotatable bonds is 14. The van der Waals surface area contributed by atoms with E-state index in [9.17, 15) is 29.1 Å². The second kappa shape index (κ2) is 13.9. The van der Waals surface area contributed by atoms with Gasteiger partial charge in [0.05, 0.1) is 6.04 Å². The topological polar surface area (TPSA) is 180 Å². The van der Waals surface area contributed by atoms with Crippen molar-refractivity contribution < 1.29 is 29.1 Å². The lowest BCUT2D eigenvalue weighted by molar-refractivity contribution is -0.143. The number of carboxylic acids is 1. The predicted molar refractivity (Wildman–Crippen MR) is 121 cm³/mol. The van der Waals surface area contributed by atoms with Crippen molar-refractivity contribution in [3.05, 3.63) is 0 Å². The van der Waals surface area contributed by atoms with Crippen molar-refractivity contribution in [3.8, 4) is 0 Å². The third kappa shape index (κ3) is 9.43. The van der Waals surface area contributed by atoms with Crippen LogP contribution in [-0.2, 0) is 24.0 Å². The number of amides is 4. The van der Waals surface area contributed by atoms with Crippen molar-refractivity contribution >= 4 is 41.4 Å². The van der Waals surface area contributed by atoms with Crippen LogP contribution in [0.25, 0.3) is 0 Å². The van der Waals surface area contributed by atoms with Gasteiger partial charge in [0.1, 0.15) is 18.1 Å². The van der Waals surface area contributed by atoms with Crippen molar-refractivity contribution in [2.45, 2.75) is 70.1 Å². The molecule has 0 aromatic carbocycles. The summed E-state index contributed by atoms with van der Waals surface area (Å²) in [5.41, 5.74) is 5.06. The molecule has 11 nitrogen and oxygen atoms in total. The second-order valence-corrected chi connectivity index (χ2v) is 9.11. The summed E-state index contributed by atoms with van der Waals surface area (Å²) in [7, 11) is 0. The fourth-order valence-corrected chi connectivity index (χ4v) is 3.75. The molecule has 0 aliphatic carbocycles. The number of aliphatic carboxylic acids is 1. The highest BCUT2D eigenvalue weighted by Gasteiger charge is 2.32. The Balaban J connectivity index is 2.84. The van der Waals surface area contributed by atoms with E-state index in [0.29, 0.717) is 18.6 Å². The van der Waals surface area contributed by atoms with Gasteiger partial charge in [-0.2, -0.15) is 11.8 Å². The largest absolute Gasteiger partial charge is 0.480 e. The normalized spacial score (nSPS) is 18.4. The molecule has 4 amide bonds. The molecule has 0 radical (unpaired) electrons. The molecular weight excluding hydrogens is 438 g/mol. The van der Waals surface area contributed by atoms with Gasteiger partial charge in [-0.1, -0.05) is 13.8 Å². The van der Waals surface area contributed by atoms with Gasteiger partial charge in [0.25, 0.3) is 0 Å². The maximum absolute atomic E-state index is 12.9. The Bertz CT molecular complexity index is 683. The Morgan fingerprint density at radius 2 is 1.75 bits per heavy atom. The van der Waals surface area contributed by atoms with Crippen LogP contribution >= 0.6 is 11.8 Å². The zero-order valence-electron chi connectivity index (χ0n) is 18.8. The Kier molecular flexibility index (Phi) is 12.1. The number of hydrogen-bond donors (Lipinski definition) is 6. The van der Waals surface area contributed by atoms with E-state index < -0.39 is 41.8 Å². The van der Waals surface area contributed by atoms with E-state index in [1.165, 1.54) is 11.8 Å². The van der Waals surface area contributed by atoms with Crippen LogP contribution in [0.3, 0.4) is 0 Å². The minimum absolute atomic E-state index is 0.157. The number of carboxylic acid groups (broad SMARTS) is 1. The van der Waals surface area contributed by atoms with Crippen molar-refractivity contribution in [1.82, 2.24) is 21.3 Å². The number of nitrogens with one attached hydrogen (secondary N) is 4. The molecule has 0 bridgehead atoms. The van der Waals surface area contributed by atoms with Gasteiger partial charge in [-0.3, -0.25) is 19.2 Å². The van der Waals surface area contributed by atoms with Crippen molar-refractivity contribution in [2.24, 2.45) is 11.7 Å². The lowest BCUT2D eigenvalue weighted by Crippen LogP contribution is -2.58. The summed E-state index contributed by atoms with van der Waals surface area (Å²) >= 11 is 1.53. The molecule has 1 heterocycles. The molecule has 0 spiro atoms. The molecular formula is C20H35N5O6S. The summed E-state index contributed by atoms with van der Waals surface area (Å²) in [6.07, 6.45) is 3.49. The first kappa shape index (κ1) is 27.7. The molecule has 0 saturated carbocycles. The van der Waals surface area contributed by atoms with Crippen molar-refractivity contribution in [2.75, 3.05) is 18.6 Å². The smallest absolute Gasteiger partial charge is 0.326 e. The molecule has 32 heavy (non-hydrogen) atoms. The van der Waals surface area contributed by atoms with Gasteiger partial charge in [0.2, 0.25) is 23.6 Å². The van der Waals surface area contributed by atoms with E-state index in [1.807, 2.05) is 6.26 Å². The molecule has 4 atom stereocenters. The van der Waals surface area contributed by atoms with E-state index in [-0.39, 0.29) is 30.7 Å². The van der Waals surface area contributed by atoms with Crippen LogP contribution in [0.2, 0.25) is 0 Å². The first-order valence-corrected chi connectivity index (χ1v) is 12.1. The molecule has 1 aliphatic rings. The average Bonchev–Trinajstić information content (AvgIpc) is 3.26. The fraction of sp³-hybridized carbons (Fsp3) is 0.750. The third-order valence-corrected chi connectivity index (χ3v) is 5.81. The maximum atomic E-state index is 12.9. The second-order valence-electron chi connectivity index (χ2n) is 8.13. The fourth-order valence-electron chi connectivity index (χ4n) is 3.28. The summed E-state index contributed by atoms with van der Waals surface area (Å²) in [6.45, 7) is 4.17. The summed E-state index contributed by atoms with van der Waals surface area (Å²) < 4.78 is 0. The van der Waals surface area contributed by atoms with E-state index in [0.717, 1.165) is 13.0 Å². The molecule has 7 N–H and O–H groups in total. The number of carbonyl (C=O) groups excluding carboxylic acids is 4. The van der Waals surface area contributed by atoms with E-state index in [1.54, 1.807) is 13.8 Å². The first-order valence-electron chi connectivity index (χ1n) is 10.7. The number of hydrogen-bond acceptors (Lipinski definition) is 7. The molecule has 4 unspecified atom stereocenters. The number of nitrogens with two attached hydrogens (primary N) is 1. The number of primary amides is 1. The summed E-state index contributed by atoms with van der Waals surface area (Å²) in [5, 5.41) is 20.2. The van der Waals surface area contributed by atoms with Gasteiger partial charge in [0, 0.05) is 6.42 Å². The molecule has 0 aromatic rings. The Labute approximate surface area is 192 Å². The van der Waals surface area contributed by atoms with Gasteiger partial charge in [-0.15, -0.1) is 0 Å². The molecule has 12 heteroatoms. The lowest BCUT2D eigenvalue weighted by Gasteiger charge is -2.27. The molecule has 1 rings (SSSR count). The molecule has 182 valence electrons. The Hall–Kier alpha value is -2.34. The molecule has 1 fully saturated rings. The minimum atomic E-state index is -1.31. The van der Waals surface area contributed by atoms with Crippen LogP contribution < -0.4 is 27.0 Å². The first-order chi connectivity index (χ1) is 15.1. The van der Waals surface area contributed by atoms with E-state index in [2.05, 4.69) is 21.3 Å². The predicted octanol–water partition coefficient (Wildman–Crippen LogP) is -1.05. The van der Waals surface area contributed by atoms with Crippen molar-refractivity contribution in [3.63, 3.8) is 0 Å². The number of carbonyl (C=O) groups is 5. The Morgan fingerprint density at radius 3 is 2.25 bits per heavy atom. The summed E-state index contributed by atoms with van der Waals surface area (Å²) in [6, 6.07) is -3.49. The number of thioether (sulfide) groups is 1. The van der Waals surface area contributed by atoms with Crippen molar-refractivity contribution in [1.29, 1.82) is 0 Å². The SMILES string of the molecule is CSCCC(NC(=O)C1CCCN1)C(=O)NC(C(=O)NC(CCC(N)=O)C(=O)O)C(C)C. The molecule has 1 aliphatic heterocycles. The van der Waals surface area contributed by atoms with Gasteiger partial charge in [0.15, 0.2) is 0 Å². The summed E-state index contributed by atoms with van der Waals surface area (Å²) in [4.78, 5) is 60.6. The molecule has 0 aromatic heterocycles. The zero-order chi connectivity index (χ0) is 24.3. The monoisotopic (exact) mass is 473 g/mol. The lowest BCUT2D eigenvalue weighted by atomic mass is 10.0. The molecule has 1 saturated heterocycles. The van der Waals surface area contributed by atoms with Gasteiger partial charge < -0.3 is 32.1 Å². The maximum Gasteiger partial charge on any atom is 0.326 e. The summed E-state index contributed by atoms with van der Waals surface area (Å²) in [5.74, 6) is -3.15. The van der Waals surface area contributed by atoms with Crippen LogP contribution in [0, 0.1) is 5.92 Å². The zero-order valence-corrected chi connectivity index (χ0v) is 19.6. The Morgan fingerprint density at radius 1 is 1.06 bits per heavy atom. The van der Waals surface area contributed by atoms with Gasteiger partial charge >= 0.3 is 5.97 Å². The quantitative estimate of drug-likeness (QED) is 0.185. The highest BCUT2D eigenvalue weighted by Crippen LogP contribution is 2.09. The van der Waals surface area contributed by atoms with E-state index >= 15 is 0 Å². The van der Waals surface area contributed by atoms with Crippen LogP contribution in [0.1, 0.15) is 46.0 Å². The van der Waals surface area contributed by atoms with Crippen LogP contribution in [0.5, 0.6) is 0 Å². The highest BCUT2D eigenvalue weighted by molar-refractivity contribution is 7.98.